The molecular weight excluding hydrogens is 488 g/mol. The molecule has 6 rings (SSSR count). The van der Waals surface area contributed by atoms with Gasteiger partial charge in [0.15, 0.2) is 0 Å². The van der Waals surface area contributed by atoms with E-state index in [9.17, 15) is 13.2 Å². The monoisotopic (exact) mass is 512 g/mol. The lowest BCUT2D eigenvalue weighted by atomic mass is 9.95. The number of methoxy groups -OCH3 is 1. The Bertz CT molecular complexity index is 1740. The molecule has 1 atom stereocenters. The van der Waals surface area contributed by atoms with Gasteiger partial charge < -0.3 is 14.5 Å². The van der Waals surface area contributed by atoms with E-state index in [1.165, 1.54) is 11.4 Å². The second-order valence-corrected chi connectivity index (χ2v) is 10.9. The van der Waals surface area contributed by atoms with E-state index in [4.69, 9.17) is 9.15 Å². The van der Waals surface area contributed by atoms with Crippen LogP contribution in [0.5, 0.6) is 5.75 Å². The Morgan fingerprint density at radius 3 is 2.38 bits per heavy atom. The average Bonchev–Trinajstić information content (AvgIpc) is 3.29. The van der Waals surface area contributed by atoms with Gasteiger partial charge in [-0.15, -0.1) is 0 Å². The number of hydrogen-bond acceptors (Lipinski definition) is 5. The maximum atomic E-state index is 13.7. The topological polar surface area (TPSA) is 88.9 Å². The summed E-state index contributed by atoms with van der Waals surface area (Å²) in [7, 11) is -2.41. The smallest absolute Gasteiger partial charge is 0.244 e. The summed E-state index contributed by atoms with van der Waals surface area (Å²) in [5, 5.41) is 4.73. The van der Waals surface area contributed by atoms with Gasteiger partial charge in [0.05, 0.1) is 17.7 Å². The van der Waals surface area contributed by atoms with Gasteiger partial charge in [0, 0.05) is 23.4 Å². The number of nitrogens with zero attached hydrogens (tertiary/aromatic N) is 1. The molecule has 0 radical (unpaired) electrons. The lowest BCUT2D eigenvalue weighted by molar-refractivity contribution is -0.120. The fourth-order valence-electron chi connectivity index (χ4n) is 4.94. The first kappa shape index (κ1) is 23.3. The first-order valence-electron chi connectivity index (χ1n) is 11.9. The van der Waals surface area contributed by atoms with Crippen molar-refractivity contribution >= 4 is 43.6 Å². The number of amides is 1. The highest BCUT2D eigenvalue weighted by Crippen LogP contribution is 2.37. The Kier molecular flexibility index (Phi) is 5.70. The zero-order valence-corrected chi connectivity index (χ0v) is 20.9. The van der Waals surface area contributed by atoms with Crippen LogP contribution < -0.4 is 10.1 Å². The second-order valence-electron chi connectivity index (χ2n) is 8.99. The Balaban J connectivity index is 1.40. The molecule has 5 aromatic rings. The minimum absolute atomic E-state index is 0.102. The minimum Gasteiger partial charge on any atom is -0.495 e. The van der Waals surface area contributed by atoms with Gasteiger partial charge >= 0.3 is 0 Å². The third-order valence-corrected chi connectivity index (χ3v) is 8.68. The van der Waals surface area contributed by atoms with Gasteiger partial charge in [0.1, 0.15) is 23.0 Å². The zero-order chi connectivity index (χ0) is 25.6. The summed E-state index contributed by atoms with van der Waals surface area (Å²) in [5.74, 6) is 0.0175. The lowest BCUT2D eigenvalue weighted by Gasteiger charge is -2.35. The molecule has 0 fully saturated rings. The molecule has 0 bridgehead atoms. The molecule has 8 heteroatoms. The molecule has 1 aliphatic rings. The number of hydrogen-bond donors (Lipinski definition) is 1. The van der Waals surface area contributed by atoms with Crippen LogP contribution in [0.3, 0.4) is 0 Å². The van der Waals surface area contributed by atoms with Gasteiger partial charge in [0.25, 0.3) is 0 Å². The van der Waals surface area contributed by atoms with E-state index < -0.39 is 22.0 Å². The molecule has 0 saturated heterocycles. The number of rotatable bonds is 5. The van der Waals surface area contributed by atoms with Crippen LogP contribution in [0.4, 0.5) is 5.69 Å². The first-order valence-corrected chi connectivity index (χ1v) is 13.3. The van der Waals surface area contributed by atoms with E-state index in [0.717, 1.165) is 27.5 Å². The number of furan rings is 1. The van der Waals surface area contributed by atoms with Gasteiger partial charge in [-0.2, -0.15) is 4.31 Å². The molecule has 1 aromatic heterocycles. The van der Waals surface area contributed by atoms with Crippen LogP contribution in [0, 0.1) is 0 Å². The van der Waals surface area contributed by atoms with Crippen molar-refractivity contribution in [2.75, 3.05) is 12.4 Å². The molecule has 0 aliphatic carbocycles. The zero-order valence-electron chi connectivity index (χ0n) is 20.0. The van der Waals surface area contributed by atoms with Crippen molar-refractivity contribution in [2.24, 2.45) is 0 Å². The SMILES string of the molecule is COc1cc2c(cc1NC(=O)[C@H]1Cc3ccccc3CN1S(=O)(=O)c1ccccc1)oc1ccccc12. The molecule has 1 aliphatic heterocycles. The van der Waals surface area contributed by atoms with Crippen LogP contribution in [0.15, 0.2) is 100 Å². The van der Waals surface area contributed by atoms with Crippen LogP contribution in [0.2, 0.25) is 0 Å². The largest absolute Gasteiger partial charge is 0.495 e. The molecule has 0 saturated carbocycles. The third-order valence-electron chi connectivity index (χ3n) is 6.81. The maximum absolute atomic E-state index is 13.7. The van der Waals surface area contributed by atoms with E-state index in [2.05, 4.69) is 5.32 Å². The fraction of sp³-hybridized carbons (Fsp3) is 0.138. The van der Waals surface area contributed by atoms with Crippen molar-refractivity contribution in [1.82, 2.24) is 4.31 Å². The van der Waals surface area contributed by atoms with Gasteiger partial charge in [-0.3, -0.25) is 4.79 Å². The highest BCUT2D eigenvalue weighted by Gasteiger charge is 2.39. The molecule has 2 heterocycles. The molecule has 7 nitrogen and oxygen atoms in total. The number of benzene rings is 4. The molecule has 186 valence electrons. The van der Waals surface area contributed by atoms with Crippen molar-refractivity contribution in [2.45, 2.75) is 23.9 Å². The van der Waals surface area contributed by atoms with Crippen LogP contribution in [0.25, 0.3) is 21.9 Å². The summed E-state index contributed by atoms with van der Waals surface area (Å²) >= 11 is 0. The van der Waals surface area contributed by atoms with Crippen molar-refractivity contribution in [3.05, 3.63) is 102 Å². The summed E-state index contributed by atoms with van der Waals surface area (Å²) in [6.07, 6.45) is 0.253. The number of ether oxygens (including phenoxy) is 1. The predicted molar refractivity (Wildman–Crippen MR) is 142 cm³/mol. The summed E-state index contributed by atoms with van der Waals surface area (Å²) in [6.45, 7) is 0.102. The van der Waals surface area contributed by atoms with Crippen LogP contribution in [-0.4, -0.2) is 31.8 Å². The van der Waals surface area contributed by atoms with Crippen molar-refractivity contribution in [1.29, 1.82) is 0 Å². The average molecular weight is 513 g/mol. The molecule has 1 amide bonds. The van der Waals surface area contributed by atoms with Gasteiger partial charge in [-0.1, -0.05) is 60.7 Å². The Labute approximate surface area is 214 Å². The maximum Gasteiger partial charge on any atom is 0.244 e. The number of carbonyl (C=O) groups is 1. The van der Waals surface area contributed by atoms with E-state index in [1.54, 1.807) is 36.4 Å². The minimum atomic E-state index is -3.94. The molecule has 0 unspecified atom stereocenters. The lowest BCUT2D eigenvalue weighted by Crippen LogP contribution is -2.50. The summed E-state index contributed by atoms with van der Waals surface area (Å²) in [6, 6.07) is 26.1. The van der Waals surface area contributed by atoms with Gasteiger partial charge in [0.2, 0.25) is 15.9 Å². The van der Waals surface area contributed by atoms with E-state index >= 15 is 0 Å². The summed E-state index contributed by atoms with van der Waals surface area (Å²) in [4.78, 5) is 13.9. The molecular formula is C29H24N2O5S. The van der Waals surface area contributed by atoms with E-state index in [-0.39, 0.29) is 17.9 Å². The Morgan fingerprint density at radius 1 is 0.892 bits per heavy atom. The Morgan fingerprint density at radius 2 is 1.59 bits per heavy atom. The summed E-state index contributed by atoms with van der Waals surface area (Å²) < 4.78 is 40.2. The second kappa shape index (κ2) is 9.06. The predicted octanol–water partition coefficient (Wildman–Crippen LogP) is 5.35. The molecule has 37 heavy (non-hydrogen) atoms. The van der Waals surface area contributed by atoms with E-state index in [1.807, 2.05) is 54.6 Å². The normalized spacial score (nSPS) is 16.0. The van der Waals surface area contributed by atoms with E-state index in [0.29, 0.717) is 17.0 Å². The van der Waals surface area contributed by atoms with Crippen LogP contribution in [0.1, 0.15) is 11.1 Å². The number of para-hydroxylation sites is 1. The molecule has 1 N–H and O–H groups in total. The first-order chi connectivity index (χ1) is 18.0. The van der Waals surface area contributed by atoms with Crippen molar-refractivity contribution in [3.63, 3.8) is 0 Å². The molecule has 0 spiro atoms. The summed E-state index contributed by atoms with van der Waals surface area (Å²) in [5.41, 5.74) is 3.57. The highest BCUT2D eigenvalue weighted by atomic mass is 32.2. The van der Waals surface area contributed by atoms with Crippen molar-refractivity contribution < 1.29 is 22.4 Å². The van der Waals surface area contributed by atoms with Crippen molar-refractivity contribution in [3.8, 4) is 5.75 Å². The Hall–Kier alpha value is -4.14. The number of carbonyl (C=O) groups excluding carboxylic acids is 1. The standard InChI is InChI=1S/C29H24N2O5S/c1-35-28-16-23-22-13-7-8-14-26(22)36-27(23)17-24(28)30-29(32)25-15-19-9-5-6-10-20(19)18-31(25)37(33,34)21-11-3-2-4-12-21/h2-14,16-17,25H,15,18H2,1H3,(H,30,32)/t25-/m1/s1. The number of fused-ring (bicyclic) bond motifs is 4. The number of nitrogens with one attached hydrogen (secondary N) is 1. The quantitative estimate of drug-likeness (QED) is 0.343. The number of sulfonamides is 1. The molecule has 4 aromatic carbocycles. The highest BCUT2D eigenvalue weighted by molar-refractivity contribution is 7.89. The van der Waals surface area contributed by atoms with Gasteiger partial charge in [-0.05, 0) is 41.8 Å². The fourth-order valence-corrected chi connectivity index (χ4v) is 6.52. The number of anilines is 1. The van der Waals surface area contributed by atoms with Crippen LogP contribution in [-0.2, 0) is 27.8 Å². The third kappa shape index (κ3) is 4.04. The van der Waals surface area contributed by atoms with Gasteiger partial charge in [-0.25, -0.2) is 8.42 Å². The van der Waals surface area contributed by atoms with Crippen LogP contribution >= 0.6 is 0 Å².